The van der Waals surface area contributed by atoms with Crippen molar-refractivity contribution in [1.29, 1.82) is 0 Å². The molecule has 0 bridgehead atoms. The van der Waals surface area contributed by atoms with Gasteiger partial charge >= 0.3 is 0 Å². The van der Waals surface area contributed by atoms with Crippen LogP contribution < -0.4 is 10.1 Å². The minimum absolute atomic E-state index is 0.0334. The molecule has 0 aliphatic carbocycles. The first-order valence-electron chi connectivity index (χ1n) is 8.41. The summed E-state index contributed by atoms with van der Waals surface area (Å²) in [5, 5.41) is 3.13. The van der Waals surface area contributed by atoms with Crippen LogP contribution in [0.3, 0.4) is 0 Å². The number of aryl methyl sites for hydroxylation is 1. The fraction of sp³-hybridized carbons (Fsp3) is 0.316. The largest absolute Gasteiger partial charge is 0.491 e. The molecule has 0 aromatic heterocycles. The first kappa shape index (κ1) is 21.2. The zero-order chi connectivity index (χ0) is 19.9. The summed E-state index contributed by atoms with van der Waals surface area (Å²) in [4.78, 5) is 12.1. The second-order valence-electron chi connectivity index (χ2n) is 6.09. The molecule has 0 unspecified atom stereocenters. The van der Waals surface area contributed by atoms with Gasteiger partial charge in [0.05, 0.1) is 19.3 Å². The van der Waals surface area contributed by atoms with Crippen LogP contribution in [-0.4, -0.2) is 44.6 Å². The molecule has 2 aromatic rings. The molecular formula is C19H23ClN2O4S. The van der Waals surface area contributed by atoms with E-state index in [2.05, 4.69) is 5.32 Å². The van der Waals surface area contributed by atoms with Crippen molar-refractivity contribution in [3.8, 4) is 5.75 Å². The summed E-state index contributed by atoms with van der Waals surface area (Å²) in [5.74, 6) is 0.351. The Morgan fingerprint density at radius 3 is 2.48 bits per heavy atom. The minimum Gasteiger partial charge on any atom is -0.491 e. The van der Waals surface area contributed by atoms with E-state index in [0.717, 1.165) is 21.9 Å². The lowest BCUT2D eigenvalue weighted by Gasteiger charge is -2.20. The quantitative estimate of drug-likeness (QED) is 0.645. The molecule has 1 amide bonds. The normalized spacial score (nSPS) is 11.4. The van der Waals surface area contributed by atoms with Gasteiger partial charge in [0.1, 0.15) is 12.4 Å². The number of amides is 1. The fourth-order valence-corrected chi connectivity index (χ4v) is 3.31. The van der Waals surface area contributed by atoms with Crippen molar-refractivity contribution >= 4 is 27.5 Å². The second kappa shape index (κ2) is 9.73. The fourth-order valence-electron chi connectivity index (χ4n) is 2.39. The van der Waals surface area contributed by atoms with Crippen LogP contribution in [0.4, 0.5) is 0 Å². The number of benzene rings is 2. The number of halogens is 1. The molecule has 2 rings (SSSR count). The first-order valence-corrected chi connectivity index (χ1v) is 10.6. The molecule has 2 aromatic carbocycles. The maximum absolute atomic E-state index is 12.1. The number of carbonyl (C=O) groups excluding carboxylic acids is 1. The highest BCUT2D eigenvalue weighted by Gasteiger charge is 2.21. The number of ether oxygens (including phenoxy) is 1. The van der Waals surface area contributed by atoms with Crippen molar-refractivity contribution in [3.63, 3.8) is 0 Å². The predicted molar refractivity (Wildman–Crippen MR) is 106 cm³/mol. The highest BCUT2D eigenvalue weighted by atomic mass is 35.5. The molecular weight excluding hydrogens is 388 g/mol. The van der Waals surface area contributed by atoms with Crippen LogP contribution in [0.2, 0.25) is 5.02 Å². The second-order valence-corrected chi connectivity index (χ2v) is 8.48. The van der Waals surface area contributed by atoms with Crippen molar-refractivity contribution in [3.05, 3.63) is 64.7 Å². The van der Waals surface area contributed by atoms with Gasteiger partial charge in [0.15, 0.2) is 0 Å². The summed E-state index contributed by atoms with van der Waals surface area (Å²) in [5.41, 5.74) is 1.65. The lowest BCUT2D eigenvalue weighted by molar-refractivity contribution is -0.121. The number of nitrogens with zero attached hydrogens (tertiary/aromatic N) is 1. The summed E-state index contributed by atoms with van der Waals surface area (Å²) in [6.45, 7) is 2.25. The molecule has 0 atom stereocenters. The van der Waals surface area contributed by atoms with Crippen LogP contribution in [0.15, 0.2) is 48.5 Å². The standard InChI is InChI=1S/C19H23ClN2O4S/c1-15-7-3-6-10-18(15)26-12-11-21-19(23)14-22(27(2,24)25)13-16-8-4-5-9-17(16)20/h3-10H,11-14H2,1-2H3,(H,21,23). The maximum Gasteiger partial charge on any atom is 0.235 e. The average Bonchev–Trinajstić information content (AvgIpc) is 2.60. The third-order valence-electron chi connectivity index (χ3n) is 3.87. The third-order valence-corrected chi connectivity index (χ3v) is 5.43. The molecule has 0 saturated heterocycles. The lowest BCUT2D eigenvalue weighted by atomic mass is 10.2. The zero-order valence-electron chi connectivity index (χ0n) is 15.3. The van der Waals surface area contributed by atoms with Gasteiger partial charge in [0, 0.05) is 11.6 Å². The summed E-state index contributed by atoms with van der Waals surface area (Å²) in [6, 6.07) is 14.5. The number of para-hydroxylation sites is 1. The Bertz CT molecular complexity index is 887. The summed E-state index contributed by atoms with van der Waals surface area (Å²) in [7, 11) is -3.57. The molecule has 0 fully saturated rings. The van der Waals surface area contributed by atoms with Crippen LogP contribution in [0.25, 0.3) is 0 Å². The lowest BCUT2D eigenvalue weighted by Crippen LogP contribution is -2.41. The number of sulfonamides is 1. The van der Waals surface area contributed by atoms with Crippen molar-refractivity contribution in [2.45, 2.75) is 13.5 Å². The molecule has 0 radical (unpaired) electrons. The smallest absolute Gasteiger partial charge is 0.235 e. The molecule has 27 heavy (non-hydrogen) atoms. The van der Waals surface area contributed by atoms with Crippen molar-refractivity contribution in [2.75, 3.05) is 26.0 Å². The number of rotatable bonds is 9. The number of hydrogen-bond donors (Lipinski definition) is 1. The summed E-state index contributed by atoms with van der Waals surface area (Å²) in [6.07, 6.45) is 1.07. The molecule has 146 valence electrons. The third kappa shape index (κ3) is 6.86. The van der Waals surface area contributed by atoms with Gasteiger partial charge < -0.3 is 10.1 Å². The van der Waals surface area contributed by atoms with Gasteiger partial charge in [-0.25, -0.2) is 8.42 Å². The first-order chi connectivity index (χ1) is 12.8. The highest BCUT2D eigenvalue weighted by molar-refractivity contribution is 7.88. The Morgan fingerprint density at radius 2 is 1.81 bits per heavy atom. The van der Waals surface area contributed by atoms with E-state index in [-0.39, 0.29) is 19.6 Å². The van der Waals surface area contributed by atoms with Gasteiger partial charge in [-0.2, -0.15) is 4.31 Å². The van der Waals surface area contributed by atoms with E-state index in [4.69, 9.17) is 16.3 Å². The molecule has 0 saturated carbocycles. The Kier molecular flexibility index (Phi) is 7.65. The van der Waals surface area contributed by atoms with E-state index in [1.165, 1.54) is 0 Å². The Hall–Kier alpha value is -2.09. The molecule has 1 N–H and O–H groups in total. The summed E-state index contributed by atoms with van der Waals surface area (Å²) >= 11 is 6.09. The van der Waals surface area contributed by atoms with Crippen LogP contribution in [0.1, 0.15) is 11.1 Å². The van der Waals surface area contributed by atoms with E-state index in [1.807, 2.05) is 31.2 Å². The van der Waals surface area contributed by atoms with Gasteiger partial charge in [-0.15, -0.1) is 0 Å². The van der Waals surface area contributed by atoms with E-state index in [9.17, 15) is 13.2 Å². The Balaban J connectivity index is 1.87. The van der Waals surface area contributed by atoms with Crippen LogP contribution in [0, 0.1) is 6.92 Å². The number of carbonyl (C=O) groups is 1. The van der Waals surface area contributed by atoms with E-state index in [1.54, 1.807) is 24.3 Å². The Morgan fingerprint density at radius 1 is 1.15 bits per heavy atom. The van der Waals surface area contributed by atoms with Crippen molar-refractivity contribution < 1.29 is 17.9 Å². The predicted octanol–water partition coefficient (Wildman–Crippen LogP) is 2.61. The van der Waals surface area contributed by atoms with Gasteiger partial charge in [0.2, 0.25) is 15.9 Å². The van der Waals surface area contributed by atoms with E-state index >= 15 is 0 Å². The number of nitrogens with one attached hydrogen (secondary N) is 1. The van der Waals surface area contributed by atoms with E-state index < -0.39 is 15.9 Å². The zero-order valence-corrected chi connectivity index (χ0v) is 16.9. The molecule has 0 aliphatic rings. The monoisotopic (exact) mass is 410 g/mol. The minimum atomic E-state index is -3.57. The van der Waals surface area contributed by atoms with Crippen LogP contribution in [-0.2, 0) is 21.4 Å². The van der Waals surface area contributed by atoms with Gasteiger partial charge in [-0.3, -0.25) is 4.79 Å². The van der Waals surface area contributed by atoms with Crippen molar-refractivity contribution in [2.24, 2.45) is 0 Å². The molecule has 0 aliphatic heterocycles. The Labute approximate surface area is 165 Å². The molecule has 6 nitrogen and oxygen atoms in total. The molecule has 8 heteroatoms. The number of hydrogen-bond acceptors (Lipinski definition) is 4. The molecule has 0 heterocycles. The van der Waals surface area contributed by atoms with Gasteiger partial charge in [-0.1, -0.05) is 48.0 Å². The van der Waals surface area contributed by atoms with Crippen LogP contribution in [0.5, 0.6) is 5.75 Å². The SMILES string of the molecule is Cc1ccccc1OCCNC(=O)CN(Cc1ccccc1Cl)S(C)(=O)=O. The summed E-state index contributed by atoms with van der Waals surface area (Å²) < 4.78 is 30.7. The van der Waals surface area contributed by atoms with Gasteiger partial charge in [-0.05, 0) is 30.2 Å². The van der Waals surface area contributed by atoms with Gasteiger partial charge in [0.25, 0.3) is 0 Å². The molecule has 0 spiro atoms. The van der Waals surface area contributed by atoms with E-state index in [0.29, 0.717) is 17.2 Å². The van der Waals surface area contributed by atoms with Crippen LogP contribution >= 0.6 is 11.6 Å². The highest BCUT2D eigenvalue weighted by Crippen LogP contribution is 2.18. The maximum atomic E-state index is 12.1. The average molecular weight is 411 g/mol. The topological polar surface area (TPSA) is 75.7 Å². The van der Waals surface area contributed by atoms with Crippen molar-refractivity contribution in [1.82, 2.24) is 9.62 Å².